The van der Waals surface area contributed by atoms with Crippen molar-refractivity contribution in [1.29, 1.82) is 0 Å². The molecule has 0 saturated carbocycles. The molecule has 182 valence electrons. The minimum Gasteiger partial charge on any atom is -0.351 e. The number of ether oxygens (including phenoxy) is 4. The molecular formula is C30H38O4. The molecule has 2 aromatic carbocycles. The standard InChI is InChI=1S/C30H38O4/c1-27(2,3)25-31-15-29(16-32-25)23-19-11-7-9-13-21(19)24(22-14-10-8-12-20(22)23)30(29)17-33-26(34-18-30)28(4,5)6/h7-14,23-26H,15-18H2,1-6H3. The number of hydrogen-bond donors (Lipinski definition) is 0. The molecule has 2 bridgehead atoms. The molecule has 4 heteroatoms. The van der Waals surface area contributed by atoms with Crippen LogP contribution in [-0.2, 0) is 18.9 Å². The highest BCUT2D eigenvalue weighted by molar-refractivity contribution is 5.60. The van der Waals surface area contributed by atoms with Gasteiger partial charge in [0, 0.05) is 33.5 Å². The summed E-state index contributed by atoms with van der Waals surface area (Å²) in [5.41, 5.74) is 4.99. The van der Waals surface area contributed by atoms with E-state index in [1.807, 2.05) is 0 Å². The zero-order chi connectivity index (χ0) is 23.9. The molecule has 0 radical (unpaired) electrons. The van der Waals surface area contributed by atoms with Crippen LogP contribution in [0.2, 0.25) is 0 Å². The molecule has 2 aliphatic heterocycles. The number of benzene rings is 2. The number of hydrogen-bond acceptors (Lipinski definition) is 4. The second kappa shape index (κ2) is 7.39. The Bertz CT molecular complexity index is 942. The summed E-state index contributed by atoms with van der Waals surface area (Å²) < 4.78 is 26.4. The SMILES string of the molecule is CC(C)(C)C1OCC2(CO1)C1c3ccccc3C(c3ccccc31)C21COC(C(C)(C)C)OC1. The van der Waals surface area contributed by atoms with E-state index in [1.54, 1.807) is 0 Å². The van der Waals surface area contributed by atoms with Gasteiger partial charge in [-0.05, 0) is 22.3 Å². The minimum atomic E-state index is -0.259. The van der Waals surface area contributed by atoms with Gasteiger partial charge in [0.05, 0.1) is 26.4 Å². The molecule has 0 unspecified atom stereocenters. The molecular weight excluding hydrogens is 424 g/mol. The molecule has 7 rings (SSSR count). The molecule has 2 aromatic rings. The fourth-order valence-corrected chi connectivity index (χ4v) is 7.16. The summed E-state index contributed by atoms with van der Waals surface area (Å²) in [6.07, 6.45) is -0.428. The third-order valence-electron chi connectivity index (χ3n) is 8.72. The predicted molar refractivity (Wildman–Crippen MR) is 132 cm³/mol. The highest BCUT2D eigenvalue weighted by atomic mass is 16.7. The van der Waals surface area contributed by atoms with Gasteiger partial charge < -0.3 is 18.9 Å². The Morgan fingerprint density at radius 3 is 1.03 bits per heavy atom. The van der Waals surface area contributed by atoms with Crippen LogP contribution >= 0.6 is 0 Å². The van der Waals surface area contributed by atoms with Gasteiger partial charge in [-0.3, -0.25) is 0 Å². The fraction of sp³-hybridized carbons (Fsp3) is 0.600. The van der Waals surface area contributed by atoms with Gasteiger partial charge in [-0.15, -0.1) is 0 Å². The van der Waals surface area contributed by atoms with Crippen LogP contribution in [-0.4, -0.2) is 39.0 Å². The molecule has 0 amide bonds. The first-order chi connectivity index (χ1) is 16.1. The maximum absolute atomic E-state index is 6.61. The largest absolute Gasteiger partial charge is 0.351 e. The first-order valence-corrected chi connectivity index (χ1v) is 12.7. The van der Waals surface area contributed by atoms with E-state index in [1.165, 1.54) is 22.3 Å². The lowest BCUT2D eigenvalue weighted by Crippen LogP contribution is -2.69. The molecule has 3 aliphatic carbocycles. The van der Waals surface area contributed by atoms with E-state index in [2.05, 4.69) is 90.1 Å². The van der Waals surface area contributed by atoms with Gasteiger partial charge in [-0.1, -0.05) is 90.1 Å². The minimum absolute atomic E-state index is 0.0742. The highest BCUT2D eigenvalue weighted by Gasteiger charge is 2.70. The molecule has 2 fully saturated rings. The number of rotatable bonds is 0. The molecule has 5 aliphatic rings. The molecule has 2 heterocycles. The second-order valence-electron chi connectivity index (χ2n) is 13.1. The summed E-state index contributed by atoms with van der Waals surface area (Å²) in [6.45, 7) is 15.7. The van der Waals surface area contributed by atoms with Crippen LogP contribution in [0.3, 0.4) is 0 Å². The molecule has 2 saturated heterocycles. The van der Waals surface area contributed by atoms with Crippen LogP contribution in [0.5, 0.6) is 0 Å². The van der Waals surface area contributed by atoms with Crippen LogP contribution in [0.1, 0.15) is 75.6 Å². The molecule has 0 atom stereocenters. The van der Waals surface area contributed by atoms with E-state index >= 15 is 0 Å². The van der Waals surface area contributed by atoms with Crippen molar-refractivity contribution in [2.24, 2.45) is 21.7 Å². The molecule has 2 spiro atoms. The smallest absolute Gasteiger partial charge is 0.162 e. The molecule has 4 nitrogen and oxygen atoms in total. The summed E-state index contributed by atoms with van der Waals surface area (Å²) in [5, 5.41) is 0. The normalized spacial score (nSPS) is 37.0. The fourth-order valence-electron chi connectivity index (χ4n) is 7.16. The summed E-state index contributed by atoms with van der Waals surface area (Å²) in [6, 6.07) is 18.0. The average Bonchev–Trinajstić information content (AvgIpc) is 2.81. The van der Waals surface area contributed by atoms with Gasteiger partial charge >= 0.3 is 0 Å². The van der Waals surface area contributed by atoms with Gasteiger partial charge in [0.1, 0.15) is 0 Å². The Morgan fingerprint density at radius 1 is 0.529 bits per heavy atom. The first kappa shape index (κ1) is 22.7. The monoisotopic (exact) mass is 462 g/mol. The topological polar surface area (TPSA) is 36.9 Å². The second-order valence-corrected chi connectivity index (χ2v) is 13.1. The van der Waals surface area contributed by atoms with Crippen molar-refractivity contribution in [3.63, 3.8) is 0 Å². The van der Waals surface area contributed by atoms with E-state index in [0.717, 1.165) is 0 Å². The molecule has 34 heavy (non-hydrogen) atoms. The quantitative estimate of drug-likeness (QED) is 0.475. The summed E-state index contributed by atoms with van der Waals surface area (Å²) in [5.74, 6) is 0.369. The van der Waals surface area contributed by atoms with Crippen molar-refractivity contribution in [3.8, 4) is 0 Å². The maximum atomic E-state index is 6.61. The summed E-state index contributed by atoms with van der Waals surface area (Å²) >= 11 is 0. The van der Waals surface area contributed by atoms with Crippen LogP contribution in [0.4, 0.5) is 0 Å². The summed E-state index contributed by atoms with van der Waals surface area (Å²) in [4.78, 5) is 0. The summed E-state index contributed by atoms with van der Waals surface area (Å²) in [7, 11) is 0. The van der Waals surface area contributed by atoms with Crippen LogP contribution in [0.25, 0.3) is 0 Å². The van der Waals surface area contributed by atoms with Crippen molar-refractivity contribution in [2.75, 3.05) is 26.4 Å². The van der Waals surface area contributed by atoms with Crippen molar-refractivity contribution in [2.45, 2.75) is 66.0 Å². The van der Waals surface area contributed by atoms with Crippen molar-refractivity contribution in [3.05, 3.63) is 70.8 Å². The van der Waals surface area contributed by atoms with Crippen LogP contribution in [0.15, 0.2) is 48.5 Å². The Hall–Kier alpha value is -1.72. The lowest BCUT2D eigenvalue weighted by molar-refractivity contribution is -0.343. The van der Waals surface area contributed by atoms with E-state index in [0.29, 0.717) is 26.4 Å². The zero-order valence-electron chi connectivity index (χ0n) is 21.4. The first-order valence-electron chi connectivity index (χ1n) is 12.7. The van der Waals surface area contributed by atoms with Crippen molar-refractivity contribution in [1.82, 2.24) is 0 Å². The van der Waals surface area contributed by atoms with Crippen molar-refractivity contribution >= 4 is 0 Å². The highest BCUT2D eigenvalue weighted by Crippen LogP contribution is 2.71. The Morgan fingerprint density at radius 2 is 0.794 bits per heavy atom. The van der Waals surface area contributed by atoms with E-state index < -0.39 is 0 Å². The Labute approximate surface area is 203 Å². The van der Waals surface area contributed by atoms with Gasteiger partial charge in [0.2, 0.25) is 0 Å². The van der Waals surface area contributed by atoms with E-state index in [-0.39, 0.29) is 46.1 Å². The lowest BCUT2D eigenvalue weighted by Gasteiger charge is -2.67. The van der Waals surface area contributed by atoms with Crippen LogP contribution in [0, 0.1) is 21.7 Å². The van der Waals surface area contributed by atoms with Crippen LogP contribution < -0.4 is 0 Å². The van der Waals surface area contributed by atoms with E-state index in [9.17, 15) is 0 Å². The third kappa shape index (κ3) is 2.98. The van der Waals surface area contributed by atoms with Gasteiger partial charge in [0.25, 0.3) is 0 Å². The average molecular weight is 463 g/mol. The Kier molecular flexibility index (Phi) is 4.94. The van der Waals surface area contributed by atoms with Gasteiger partial charge in [0.15, 0.2) is 12.6 Å². The van der Waals surface area contributed by atoms with E-state index in [4.69, 9.17) is 18.9 Å². The molecule has 0 aromatic heterocycles. The lowest BCUT2D eigenvalue weighted by atomic mass is 9.40. The molecule has 0 N–H and O–H groups in total. The third-order valence-corrected chi connectivity index (χ3v) is 8.72. The maximum Gasteiger partial charge on any atom is 0.162 e. The van der Waals surface area contributed by atoms with Gasteiger partial charge in [-0.2, -0.15) is 0 Å². The predicted octanol–water partition coefficient (Wildman–Crippen LogP) is 6.09. The Balaban J connectivity index is 1.52. The zero-order valence-corrected chi connectivity index (χ0v) is 21.4. The van der Waals surface area contributed by atoms with Gasteiger partial charge in [-0.25, -0.2) is 0 Å². The van der Waals surface area contributed by atoms with Crippen molar-refractivity contribution < 1.29 is 18.9 Å².